The Labute approximate surface area is 126 Å². The number of halogens is 2. The first-order chi connectivity index (χ1) is 9.20. The minimum Gasteiger partial charge on any atom is -0.594 e. The molecule has 1 aromatic carbocycles. The maximum absolute atomic E-state index is 11.9. The van der Waals surface area contributed by atoms with E-state index in [2.05, 4.69) is 32.8 Å². The Morgan fingerprint density at radius 1 is 1.47 bits per heavy atom. The lowest BCUT2D eigenvalue weighted by atomic mass is 10.3. The molecule has 0 saturated carbocycles. The van der Waals surface area contributed by atoms with Crippen molar-refractivity contribution in [1.29, 1.82) is 0 Å². The summed E-state index contributed by atoms with van der Waals surface area (Å²) in [6, 6.07) is 5.13. The van der Waals surface area contributed by atoms with Crippen LogP contribution in [0.25, 0.3) is 16.7 Å². The fourth-order valence-corrected chi connectivity index (χ4v) is 2.35. The van der Waals surface area contributed by atoms with Gasteiger partial charge in [0.1, 0.15) is 17.9 Å². The van der Waals surface area contributed by atoms with Crippen LogP contribution in [-0.4, -0.2) is 27.2 Å². The molecule has 2 aromatic heterocycles. The van der Waals surface area contributed by atoms with Gasteiger partial charge in [-0.1, -0.05) is 0 Å². The molecule has 6 nitrogen and oxygen atoms in total. The highest BCUT2D eigenvalue weighted by Crippen LogP contribution is 2.20. The fourth-order valence-electron chi connectivity index (χ4n) is 1.81. The molecular formula is C11H8ClIN4O2. The standard InChI is InChI=1S/C11H8ClIN4O2/c12-3-4-19-7-1-2-9-10(5-7)16-11(15-17(9)18)8(13)6-14-16/h1-2,5-6H,3-4H2. The van der Waals surface area contributed by atoms with Crippen molar-refractivity contribution in [2.45, 2.75) is 0 Å². The Morgan fingerprint density at radius 3 is 3.11 bits per heavy atom. The average molecular weight is 391 g/mol. The van der Waals surface area contributed by atoms with Gasteiger partial charge in [0.2, 0.25) is 5.65 Å². The molecule has 0 radical (unpaired) electrons. The smallest absolute Gasteiger partial charge is 0.270 e. The minimum absolute atomic E-state index is 0.408. The summed E-state index contributed by atoms with van der Waals surface area (Å²) in [6.45, 7) is 0.412. The van der Waals surface area contributed by atoms with E-state index in [4.69, 9.17) is 16.3 Å². The second kappa shape index (κ2) is 4.97. The van der Waals surface area contributed by atoms with Gasteiger partial charge in [0, 0.05) is 17.2 Å². The average Bonchev–Trinajstić information content (AvgIpc) is 2.78. The number of fused-ring (bicyclic) bond motifs is 3. The van der Waals surface area contributed by atoms with Gasteiger partial charge < -0.3 is 9.94 Å². The van der Waals surface area contributed by atoms with Crippen LogP contribution in [0.5, 0.6) is 5.75 Å². The van der Waals surface area contributed by atoms with Crippen molar-refractivity contribution in [3.05, 3.63) is 33.2 Å². The molecule has 8 heteroatoms. The Hall–Kier alpha value is -1.35. The van der Waals surface area contributed by atoms with Crippen molar-refractivity contribution in [3.8, 4) is 5.75 Å². The quantitative estimate of drug-likeness (QED) is 0.296. The maximum Gasteiger partial charge on any atom is 0.270 e. The van der Waals surface area contributed by atoms with E-state index in [0.717, 1.165) is 3.57 Å². The first-order valence-corrected chi connectivity index (χ1v) is 7.07. The van der Waals surface area contributed by atoms with E-state index in [1.807, 2.05) is 0 Å². The second-order valence-electron chi connectivity index (χ2n) is 3.79. The van der Waals surface area contributed by atoms with E-state index in [1.165, 1.54) is 0 Å². The molecule has 3 aromatic rings. The lowest BCUT2D eigenvalue weighted by molar-refractivity contribution is -0.640. The van der Waals surface area contributed by atoms with Crippen LogP contribution in [0, 0.1) is 8.78 Å². The highest BCUT2D eigenvalue weighted by atomic mass is 127. The summed E-state index contributed by atoms with van der Waals surface area (Å²) in [6.07, 6.45) is 1.66. The van der Waals surface area contributed by atoms with E-state index in [1.54, 1.807) is 28.9 Å². The van der Waals surface area contributed by atoms with Crippen molar-refractivity contribution in [2.75, 3.05) is 12.5 Å². The first kappa shape index (κ1) is 12.7. The molecule has 0 spiro atoms. The summed E-state index contributed by atoms with van der Waals surface area (Å²) in [7, 11) is 0. The summed E-state index contributed by atoms with van der Waals surface area (Å²) >= 11 is 7.67. The van der Waals surface area contributed by atoms with Gasteiger partial charge in [-0.05, 0) is 33.5 Å². The van der Waals surface area contributed by atoms with Crippen LogP contribution in [0.4, 0.5) is 0 Å². The Kier molecular flexibility index (Phi) is 3.31. The second-order valence-corrected chi connectivity index (χ2v) is 5.33. The predicted octanol–water partition coefficient (Wildman–Crippen LogP) is 1.74. The topological polar surface area (TPSA) is 66.4 Å². The Balaban J connectivity index is 2.26. The molecule has 0 bridgehead atoms. The SMILES string of the molecule is [O-][n+]1nc2c(I)cnn2c2cc(OCCCl)ccc21. The molecule has 0 aliphatic rings. The van der Waals surface area contributed by atoms with Gasteiger partial charge in [-0.15, -0.1) is 11.6 Å². The zero-order chi connectivity index (χ0) is 13.4. The lowest BCUT2D eigenvalue weighted by Gasteiger charge is -2.06. The number of benzene rings is 1. The number of nitrogens with zero attached hydrogens (tertiary/aromatic N) is 4. The summed E-state index contributed by atoms with van der Waals surface area (Å²) in [4.78, 5) is 0.597. The van der Waals surface area contributed by atoms with Gasteiger partial charge in [0.25, 0.3) is 5.52 Å². The van der Waals surface area contributed by atoms with E-state index >= 15 is 0 Å². The molecule has 19 heavy (non-hydrogen) atoms. The Bertz CT molecular complexity index is 761. The number of aromatic nitrogens is 4. The zero-order valence-electron chi connectivity index (χ0n) is 9.58. The van der Waals surface area contributed by atoms with Crippen LogP contribution in [0.3, 0.4) is 0 Å². The normalized spacial score (nSPS) is 11.3. The number of hydrogen-bond acceptors (Lipinski definition) is 4. The molecule has 0 atom stereocenters. The van der Waals surface area contributed by atoms with Gasteiger partial charge in [0.05, 0.1) is 15.6 Å². The molecule has 0 amide bonds. The fraction of sp³-hybridized carbons (Fsp3) is 0.182. The Morgan fingerprint density at radius 2 is 2.32 bits per heavy atom. The number of hydrogen-bond donors (Lipinski definition) is 0. The van der Waals surface area contributed by atoms with Crippen LogP contribution in [0.15, 0.2) is 24.4 Å². The van der Waals surface area contributed by atoms with Crippen LogP contribution in [0.2, 0.25) is 0 Å². The van der Waals surface area contributed by atoms with Crippen LogP contribution in [-0.2, 0) is 0 Å². The third-order valence-corrected chi connectivity index (χ3v) is 3.53. The van der Waals surface area contributed by atoms with Gasteiger partial charge in [0.15, 0.2) is 0 Å². The van der Waals surface area contributed by atoms with Crippen LogP contribution < -0.4 is 9.58 Å². The molecule has 0 N–H and O–H groups in total. The summed E-state index contributed by atoms with van der Waals surface area (Å²) < 4.78 is 7.89. The van der Waals surface area contributed by atoms with E-state index in [0.29, 0.717) is 39.8 Å². The summed E-state index contributed by atoms with van der Waals surface area (Å²) in [5.74, 6) is 1.05. The lowest BCUT2D eigenvalue weighted by Crippen LogP contribution is -2.33. The molecule has 0 aliphatic heterocycles. The van der Waals surface area contributed by atoms with E-state index in [9.17, 15) is 5.21 Å². The molecule has 3 rings (SSSR count). The number of rotatable bonds is 3. The molecular weight excluding hydrogens is 383 g/mol. The third kappa shape index (κ3) is 2.16. The van der Waals surface area contributed by atoms with Gasteiger partial charge in [-0.2, -0.15) is 5.10 Å². The predicted molar refractivity (Wildman–Crippen MR) is 78.4 cm³/mol. The van der Waals surface area contributed by atoms with Crippen LogP contribution >= 0.6 is 34.2 Å². The van der Waals surface area contributed by atoms with Crippen LogP contribution in [0.1, 0.15) is 0 Å². The molecule has 0 fully saturated rings. The minimum atomic E-state index is 0.408. The summed E-state index contributed by atoms with van der Waals surface area (Å²) in [5.41, 5.74) is 1.61. The molecule has 98 valence electrons. The first-order valence-electron chi connectivity index (χ1n) is 5.46. The highest BCUT2D eigenvalue weighted by molar-refractivity contribution is 14.1. The monoisotopic (exact) mass is 390 g/mol. The van der Waals surface area contributed by atoms with Gasteiger partial charge in [-0.3, -0.25) is 0 Å². The highest BCUT2D eigenvalue weighted by Gasteiger charge is 2.15. The van der Waals surface area contributed by atoms with Crippen molar-refractivity contribution in [3.63, 3.8) is 0 Å². The van der Waals surface area contributed by atoms with Gasteiger partial charge >= 0.3 is 0 Å². The van der Waals surface area contributed by atoms with Crippen molar-refractivity contribution in [2.24, 2.45) is 0 Å². The molecule has 0 aliphatic carbocycles. The number of alkyl halides is 1. The molecule has 0 unspecified atom stereocenters. The third-order valence-electron chi connectivity index (χ3n) is 2.61. The largest absolute Gasteiger partial charge is 0.594 e. The van der Waals surface area contributed by atoms with Gasteiger partial charge in [-0.25, -0.2) is 4.52 Å². The van der Waals surface area contributed by atoms with E-state index in [-0.39, 0.29) is 0 Å². The molecule has 0 saturated heterocycles. The number of ether oxygens (including phenoxy) is 1. The maximum atomic E-state index is 11.9. The van der Waals surface area contributed by atoms with Crippen molar-refractivity contribution < 1.29 is 9.58 Å². The zero-order valence-corrected chi connectivity index (χ0v) is 12.5. The van der Waals surface area contributed by atoms with Crippen molar-refractivity contribution in [1.82, 2.24) is 14.7 Å². The molecule has 2 heterocycles. The van der Waals surface area contributed by atoms with E-state index < -0.39 is 0 Å². The van der Waals surface area contributed by atoms with Crippen molar-refractivity contribution >= 4 is 50.9 Å². The summed E-state index contributed by atoms with van der Waals surface area (Å²) in [5, 5.41) is 20.0.